The molecule has 0 unspecified atom stereocenters. The zero-order chi connectivity index (χ0) is 16.0. The Bertz CT molecular complexity index is 818. The molecule has 0 spiro atoms. The summed E-state index contributed by atoms with van der Waals surface area (Å²) in [6.45, 7) is 0. The van der Waals surface area contributed by atoms with Gasteiger partial charge in [-0.2, -0.15) is 0 Å². The highest BCUT2D eigenvalue weighted by molar-refractivity contribution is 9.10. The number of anilines is 1. The first-order valence-corrected chi connectivity index (χ1v) is 8.40. The van der Waals surface area contributed by atoms with E-state index < -0.39 is 0 Å². The minimum absolute atomic E-state index is 0.0507. The second kappa shape index (κ2) is 5.49. The first kappa shape index (κ1) is 14.5. The van der Waals surface area contributed by atoms with Gasteiger partial charge in [0, 0.05) is 22.1 Å². The summed E-state index contributed by atoms with van der Waals surface area (Å²) in [5.74, 6) is 0.603. The molecule has 0 bridgehead atoms. The molecule has 2 aromatic rings. The highest BCUT2D eigenvalue weighted by atomic mass is 79.9. The molecule has 4 rings (SSSR count). The van der Waals surface area contributed by atoms with Crippen LogP contribution in [0.2, 0.25) is 0 Å². The molecule has 1 heterocycles. The molecule has 116 valence electrons. The normalized spacial score (nSPS) is 24.7. The third-order valence-electron chi connectivity index (χ3n) is 4.79. The average Bonchev–Trinajstić information content (AvgIpc) is 3.04. The van der Waals surface area contributed by atoms with Crippen LogP contribution < -0.4 is 5.32 Å². The molecule has 0 amide bonds. The lowest BCUT2D eigenvalue weighted by atomic mass is 9.77. The lowest BCUT2D eigenvalue weighted by Crippen LogP contribution is -2.29. The van der Waals surface area contributed by atoms with E-state index in [4.69, 9.17) is 0 Å². The summed E-state index contributed by atoms with van der Waals surface area (Å²) < 4.78 is 1.06. The van der Waals surface area contributed by atoms with Crippen LogP contribution in [0.15, 0.2) is 59.1 Å². The van der Waals surface area contributed by atoms with E-state index in [1.807, 2.05) is 24.3 Å². The highest BCUT2D eigenvalue weighted by Gasteiger charge is 2.40. The molecule has 0 aromatic heterocycles. The smallest absolute Gasteiger partial charge is 0.274 e. The van der Waals surface area contributed by atoms with E-state index in [0.717, 1.165) is 22.1 Å². The Balaban J connectivity index is 1.83. The SMILES string of the molecule is O=[N+]([O-])c1ccccc1[C@@H]1Nc2ccc(Br)cc2[C@@H]2C=CC[C@H]21. The number of benzene rings is 2. The van der Waals surface area contributed by atoms with Gasteiger partial charge in [-0.05, 0) is 36.1 Å². The van der Waals surface area contributed by atoms with Crippen molar-refractivity contribution in [2.75, 3.05) is 5.32 Å². The molecule has 0 radical (unpaired) electrons. The summed E-state index contributed by atoms with van der Waals surface area (Å²) in [5, 5.41) is 14.9. The minimum atomic E-state index is -0.286. The Morgan fingerprint density at radius 3 is 2.83 bits per heavy atom. The predicted molar refractivity (Wildman–Crippen MR) is 93.6 cm³/mol. The van der Waals surface area contributed by atoms with E-state index in [1.54, 1.807) is 12.1 Å². The van der Waals surface area contributed by atoms with E-state index >= 15 is 0 Å². The summed E-state index contributed by atoms with van der Waals surface area (Å²) in [6.07, 6.45) is 5.35. The van der Waals surface area contributed by atoms with Gasteiger partial charge in [0.05, 0.1) is 16.5 Å². The van der Waals surface area contributed by atoms with Crippen molar-refractivity contribution in [2.24, 2.45) is 5.92 Å². The number of halogens is 1. The van der Waals surface area contributed by atoms with Crippen LogP contribution in [0.25, 0.3) is 0 Å². The molecule has 3 atom stereocenters. The van der Waals surface area contributed by atoms with Crippen molar-refractivity contribution in [3.05, 3.63) is 80.3 Å². The number of nitro benzene ring substituents is 1. The lowest BCUT2D eigenvalue weighted by molar-refractivity contribution is -0.385. The van der Waals surface area contributed by atoms with Gasteiger partial charge in [0.25, 0.3) is 5.69 Å². The molecule has 1 aliphatic heterocycles. The van der Waals surface area contributed by atoms with Crippen LogP contribution >= 0.6 is 15.9 Å². The molecule has 1 N–H and O–H groups in total. The van der Waals surface area contributed by atoms with Crippen LogP contribution in [-0.4, -0.2) is 4.92 Å². The van der Waals surface area contributed by atoms with E-state index in [0.29, 0.717) is 11.8 Å². The largest absolute Gasteiger partial charge is 0.377 e. The quantitative estimate of drug-likeness (QED) is 0.449. The van der Waals surface area contributed by atoms with E-state index in [2.05, 4.69) is 39.5 Å². The number of nitrogens with one attached hydrogen (secondary N) is 1. The molecule has 0 saturated heterocycles. The van der Waals surface area contributed by atoms with Crippen LogP contribution in [0.1, 0.15) is 29.5 Å². The number of hydrogen-bond acceptors (Lipinski definition) is 3. The van der Waals surface area contributed by atoms with Crippen LogP contribution in [-0.2, 0) is 0 Å². The maximum Gasteiger partial charge on any atom is 0.274 e. The number of para-hydroxylation sites is 1. The van der Waals surface area contributed by atoms with Gasteiger partial charge in [0.15, 0.2) is 0 Å². The monoisotopic (exact) mass is 370 g/mol. The maximum absolute atomic E-state index is 11.4. The Kier molecular flexibility index (Phi) is 3.45. The first-order chi connectivity index (χ1) is 11.1. The fraction of sp³-hybridized carbons (Fsp3) is 0.222. The Labute approximate surface area is 142 Å². The van der Waals surface area contributed by atoms with Crippen molar-refractivity contribution in [3.8, 4) is 0 Å². The Morgan fingerprint density at radius 1 is 1.17 bits per heavy atom. The van der Waals surface area contributed by atoms with Crippen LogP contribution in [0.4, 0.5) is 11.4 Å². The molecule has 2 aliphatic rings. The molecular formula is C18H15BrN2O2. The van der Waals surface area contributed by atoms with E-state index in [-0.39, 0.29) is 16.7 Å². The summed E-state index contributed by atoms with van der Waals surface area (Å²) in [7, 11) is 0. The highest BCUT2D eigenvalue weighted by Crippen LogP contribution is 2.51. The van der Waals surface area contributed by atoms with Crippen molar-refractivity contribution in [3.63, 3.8) is 0 Å². The summed E-state index contributed by atoms with van der Waals surface area (Å²) in [4.78, 5) is 11.1. The van der Waals surface area contributed by atoms with Crippen molar-refractivity contribution in [2.45, 2.75) is 18.4 Å². The van der Waals surface area contributed by atoms with Gasteiger partial charge < -0.3 is 5.32 Å². The fourth-order valence-electron chi connectivity index (χ4n) is 3.79. The van der Waals surface area contributed by atoms with E-state index in [9.17, 15) is 10.1 Å². The second-order valence-corrected chi connectivity index (χ2v) is 6.94. The van der Waals surface area contributed by atoms with E-state index in [1.165, 1.54) is 5.56 Å². The van der Waals surface area contributed by atoms with Crippen LogP contribution in [0.5, 0.6) is 0 Å². The third-order valence-corrected chi connectivity index (χ3v) is 5.29. The zero-order valence-corrected chi connectivity index (χ0v) is 13.9. The predicted octanol–water partition coefficient (Wildman–Crippen LogP) is 5.18. The zero-order valence-electron chi connectivity index (χ0n) is 12.3. The van der Waals surface area contributed by atoms with Gasteiger partial charge >= 0.3 is 0 Å². The molecule has 4 nitrogen and oxygen atoms in total. The standard InChI is InChI=1S/C18H15BrN2O2/c19-11-8-9-16-15(10-11)12-5-3-6-13(12)18(20-16)14-4-1-2-7-17(14)21(22)23/h1-5,7-10,12-13,18,20H,6H2/t12-,13-,18-/m1/s1. The number of rotatable bonds is 2. The minimum Gasteiger partial charge on any atom is -0.377 e. The first-order valence-electron chi connectivity index (χ1n) is 7.61. The van der Waals surface area contributed by atoms with Gasteiger partial charge in [-0.25, -0.2) is 0 Å². The topological polar surface area (TPSA) is 55.2 Å². The van der Waals surface area contributed by atoms with Gasteiger partial charge in [-0.15, -0.1) is 0 Å². The molecule has 0 saturated carbocycles. The maximum atomic E-state index is 11.4. The van der Waals surface area contributed by atoms with Gasteiger partial charge in [0.2, 0.25) is 0 Å². The second-order valence-electron chi connectivity index (χ2n) is 6.02. The average molecular weight is 371 g/mol. The molecule has 5 heteroatoms. The van der Waals surface area contributed by atoms with Crippen LogP contribution in [0, 0.1) is 16.0 Å². The lowest BCUT2D eigenvalue weighted by Gasteiger charge is -2.37. The van der Waals surface area contributed by atoms with Crippen LogP contribution in [0.3, 0.4) is 0 Å². The third kappa shape index (κ3) is 2.36. The molecule has 23 heavy (non-hydrogen) atoms. The fourth-order valence-corrected chi connectivity index (χ4v) is 4.17. The molecule has 0 fully saturated rings. The summed E-state index contributed by atoms with van der Waals surface area (Å²) in [6, 6.07) is 13.2. The van der Waals surface area contributed by atoms with Gasteiger partial charge in [0.1, 0.15) is 0 Å². The summed E-state index contributed by atoms with van der Waals surface area (Å²) in [5.41, 5.74) is 3.28. The molecule has 2 aromatic carbocycles. The van der Waals surface area contributed by atoms with Crippen molar-refractivity contribution < 1.29 is 4.92 Å². The van der Waals surface area contributed by atoms with Crippen molar-refractivity contribution in [1.29, 1.82) is 0 Å². The number of fused-ring (bicyclic) bond motifs is 3. The van der Waals surface area contributed by atoms with Gasteiger partial charge in [-0.1, -0.05) is 46.3 Å². The van der Waals surface area contributed by atoms with Crippen molar-refractivity contribution in [1.82, 2.24) is 0 Å². The number of nitro groups is 1. The van der Waals surface area contributed by atoms with Crippen molar-refractivity contribution >= 4 is 27.3 Å². The molecule has 1 aliphatic carbocycles. The van der Waals surface area contributed by atoms with Gasteiger partial charge in [-0.3, -0.25) is 10.1 Å². The number of nitrogens with zero attached hydrogens (tertiary/aromatic N) is 1. The Hall–Kier alpha value is -2.14. The Morgan fingerprint density at radius 2 is 2.00 bits per heavy atom. The molecular weight excluding hydrogens is 356 g/mol. The number of hydrogen-bond donors (Lipinski definition) is 1. The summed E-state index contributed by atoms with van der Waals surface area (Å²) >= 11 is 3.54. The number of allylic oxidation sites excluding steroid dienone is 2.